The van der Waals surface area contributed by atoms with E-state index in [4.69, 9.17) is 25.9 Å². The lowest BCUT2D eigenvalue weighted by atomic mass is 9.92. The normalized spacial score (nSPS) is 21.6. The Morgan fingerprint density at radius 1 is 1.29 bits per heavy atom. The minimum atomic E-state index is -0.855. The monoisotopic (exact) mass is 546 g/mol. The highest BCUT2D eigenvalue weighted by atomic mass is 35.5. The number of benzene rings is 1. The van der Waals surface area contributed by atoms with Crippen molar-refractivity contribution in [3.63, 3.8) is 0 Å². The minimum Gasteiger partial charge on any atom is -0.467 e. The van der Waals surface area contributed by atoms with Gasteiger partial charge in [0.25, 0.3) is 0 Å². The van der Waals surface area contributed by atoms with Crippen molar-refractivity contribution in [2.45, 2.75) is 89.4 Å². The maximum atomic E-state index is 13.9. The van der Waals surface area contributed by atoms with Crippen LogP contribution < -0.4 is 0 Å². The summed E-state index contributed by atoms with van der Waals surface area (Å²) in [5, 5.41) is 4.88. The standard InChI is InChI=1S/C29H39ClN2O6/c1-6-7-8-9-10-12-21(16-25(33)37-28(2,3)4)26(34)32-19-29(18-24(32)27(35)36-5)17-23(31-38-29)20-13-11-14-22(30)15-20/h6,11,13-15,21,24H,1,7-10,12,16-19H2,2-5H3/t21-,24+,29-/m1/s1. The van der Waals surface area contributed by atoms with Gasteiger partial charge >= 0.3 is 11.9 Å². The Balaban J connectivity index is 1.78. The Labute approximate surface area is 230 Å². The molecule has 1 spiro atoms. The summed E-state index contributed by atoms with van der Waals surface area (Å²) >= 11 is 6.16. The molecule has 208 valence electrons. The first-order valence-corrected chi connectivity index (χ1v) is 13.6. The number of allylic oxidation sites excluding steroid dienone is 1. The highest BCUT2D eigenvalue weighted by molar-refractivity contribution is 6.31. The lowest BCUT2D eigenvalue weighted by Crippen LogP contribution is -2.45. The van der Waals surface area contributed by atoms with Crippen LogP contribution in [0.5, 0.6) is 0 Å². The zero-order chi connectivity index (χ0) is 27.9. The Morgan fingerprint density at radius 3 is 2.71 bits per heavy atom. The first kappa shape index (κ1) is 29.7. The van der Waals surface area contributed by atoms with Gasteiger partial charge < -0.3 is 19.2 Å². The van der Waals surface area contributed by atoms with Gasteiger partial charge in [-0.3, -0.25) is 9.59 Å². The van der Waals surface area contributed by atoms with Crippen molar-refractivity contribution in [3.8, 4) is 0 Å². The van der Waals surface area contributed by atoms with Crippen molar-refractivity contribution >= 4 is 35.2 Å². The molecular formula is C29H39ClN2O6. The molecule has 1 aromatic rings. The summed E-state index contributed by atoms with van der Waals surface area (Å²) in [6.45, 7) is 9.30. The van der Waals surface area contributed by atoms with Crippen LogP contribution >= 0.6 is 11.6 Å². The number of amides is 1. The second kappa shape index (κ2) is 12.8. The maximum absolute atomic E-state index is 13.9. The molecule has 8 nitrogen and oxygen atoms in total. The number of hydrogen-bond acceptors (Lipinski definition) is 7. The summed E-state index contributed by atoms with van der Waals surface area (Å²) in [6, 6.07) is 6.49. The molecule has 0 N–H and O–H groups in total. The van der Waals surface area contributed by atoms with Crippen LogP contribution in [0.2, 0.25) is 5.02 Å². The number of ether oxygens (including phenoxy) is 2. The van der Waals surface area contributed by atoms with Crippen molar-refractivity contribution < 1.29 is 28.7 Å². The molecular weight excluding hydrogens is 508 g/mol. The van der Waals surface area contributed by atoms with Gasteiger partial charge in [-0.05, 0) is 52.2 Å². The van der Waals surface area contributed by atoms with Crippen LogP contribution in [-0.4, -0.2) is 59.4 Å². The molecule has 0 unspecified atom stereocenters. The van der Waals surface area contributed by atoms with E-state index in [0.717, 1.165) is 31.2 Å². The van der Waals surface area contributed by atoms with Crippen molar-refractivity contribution in [1.29, 1.82) is 0 Å². The first-order valence-electron chi connectivity index (χ1n) is 13.2. The number of carbonyl (C=O) groups excluding carboxylic acids is 3. The maximum Gasteiger partial charge on any atom is 0.328 e. The molecule has 1 aromatic carbocycles. The van der Waals surface area contributed by atoms with Crippen LogP contribution in [-0.2, 0) is 28.7 Å². The predicted molar refractivity (Wildman–Crippen MR) is 146 cm³/mol. The largest absolute Gasteiger partial charge is 0.467 e. The second-order valence-corrected chi connectivity index (χ2v) is 11.6. The second-order valence-electron chi connectivity index (χ2n) is 11.1. The average Bonchev–Trinajstić information content (AvgIpc) is 3.45. The van der Waals surface area contributed by atoms with Crippen molar-refractivity contribution in [3.05, 3.63) is 47.5 Å². The van der Waals surface area contributed by atoms with Crippen LogP contribution in [0.15, 0.2) is 42.1 Å². The molecule has 2 aliphatic rings. The van der Waals surface area contributed by atoms with Crippen LogP contribution in [0.1, 0.15) is 77.7 Å². The molecule has 3 atom stereocenters. The van der Waals surface area contributed by atoms with Gasteiger partial charge in [-0.2, -0.15) is 0 Å². The van der Waals surface area contributed by atoms with E-state index in [1.54, 1.807) is 26.8 Å². The van der Waals surface area contributed by atoms with Crippen molar-refractivity contribution in [2.24, 2.45) is 11.1 Å². The Kier molecular flexibility index (Phi) is 9.99. The number of methoxy groups -OCH3 is 1. The molecule has 1 saturated heterocycles. The number of carbonyl (C=O) groups is 3. The van der Waals surface area contributed by atoms with Crippen LogP contribution in [0, 0.1) is 5.92 Å². The number of rotatable bonds is 11. The van der Waals surface area contributed by atoms with E-state index >= 15 is 0 Å². The SMILES string of the molecule is C=CCCCCC[C@H](CC(=O)OC(C)(C)C)C(=O)N1C[C@@]2(CC(c3cccc(Cl)c3)=NO2)C[C@H]1C(=O)OC. The van der Waals surface area contributed by atoms with Gasteiger partial charge in [0.1, 0.15) is 11.6 Å². The summed E-state index contributed by atoms with van der Waals surface area (Å²) in [4.78, 5) is 46.9. The fourth-order valence-corrected chi connectivity index (χ4v) is 5.24. The Hall–Kier alpha value is -2.87. The zero-order valence-corrected chi connectivity index (χ0v) is 23.6. The number of hydrogen-bond donors (Lipinski definition) is 0. The third kappa shape index (κ3) is 7.82. The smallest absolute Gasteiger partial charge is 0.328 e. The number of esters is 2. The van der Waals surface area contributed by atoms with E-state index in [2.05, 4.69) is 11.7 Å². The summed E-state index contributed by atoms with van der Waals surface area (Å²) < 4.78 is 10.6. The van der Waals surface area contributed by atoms with E-state index in [0.29, 0.717) is 23.6 Å². The van der Waals surface area contributed by atoms with E-state index < -0.39 is 35.1 Å². The van der Waals surface area contributed by atoms with Gasteiger partial charge in [-0.15, -0.1) is 6.58 Å². The number of nitrogens with zero attached hydrogens (tertiary/aromatic N) is 2. The predicted octanol–water partition coefficient (Wildman–Crippen LogP) is 5.46. The highest BCUT2D eigenvalue weighted by Gasteiger charge is 2.55. The third-order valence-electron chi connectivity index (χ3n) is 6.80. The first-order chi connectivity index (χ1) is 18.0. The van der Waals surface area contributed by atoms with E-state index in [1.165, 1.54) is 12.0 Å². The number of halogens is 1. The van der Waals surface area contributed by atoms with E-state index in [-0.39, 0.29) is 25.3 Å². The summed E-state index contributed by atoms with van der Waals surface area (Å²) in [5.74, 6) is -1.84. The van der Waals surface area contributed by atoms with Gasteiger partial charge in [-0.1, -0.05) is 47.8 Å². The molecule has 2 heterocycles. The molecule has 38 heavy (non-hydrogen) atoms. The molecule has 0 saturated carbocycles. The van der Waals surface area contributed by atoms with E-state index in [1.807, 2.05) is 24.3 Å². The molecule has 0 aromatic heterocycles. The molecule has 1 amide bonds. The molecule has 0 bridgehead atoms. The number of oxime groups is 1. The van der Waals surface area contributed by atoms with Crippen LogP contribution in [0.3, 0.4) is 0 Å². The summed E-state index contributed by atoms with van der Waals surface area (Å²) in [6.07, 6.45) is 6.54. The van der Waals surface area contributed by atoms with E-state index in [9.17, 15) is 14.4 Å². The Bertz CT molecular complexity index is 1070. The Morgan fingerprint density at radius 2 is 2.05 bits per heavy atom. The van der Waals surface area contributed by atoms with Gasteiger partial charge in [-0.25, -0.2) is 4.79 Å². The quantitative estimate of drug-likeness (QED) is 0.208. The van der Waals surface area contributed by atoms with Crippen molar-refractivity contribution in [1.82, 2.24) is 4.90 Å². The minimum absolute atomic E-state index is 0.0555. The zero-order valence-electron chi connectivity index (χ0n) is 22.8. The van der Waals surface area contributed by atoms with Gasteiger partial charge in [0.15, 0.2) is 5.60 Å². The van der Waals surface area contributed by atoms with Gasteiger partial charge in [0, 0.05) is 29.3 Å². The lowest BCUT2D eigenvalue weighted by Gasteiger charge is -2.28. The van der Waals surface area contributed by atoms with Crippen molar-refractivity contribution in [2.75, 3.05) is 13.7 Å². The molecule has 0 radical (unpaired) electrons. The molecule has 3 rings (SSSR count). The average molecular weight is 547 g/mol. The topological polar surface area (TPSA) is 94.5 Å². The van der Waals surface area contributed by atoms with Crippen LogP contribution in [0.25, 0.3) is 0 Å². The summed E-state index contributed by atoms with van der Waals surface area (Å²) in [7, 11) is 1.30. The molecule has 1 fully saturated rings. The number of likely N-dealkylation sites (tertiary alicyclic amines) is 1. The van der Waals surface area contributed by atoms with Crippen LogP contribution in [0.4, 0.5) is 0 Å². The molecule has 2 aliphatic heterocycles. The fourth-order valence-electron chi connectivity index (χ4n) is 5.05. The van der Waals surface area contributed by atoms with Gasteiger partial charge in [0.2, 0.25) is 5.91 Å². The fraction of sp³-hybridized carbons (Fsp3) is 0.586. The third-order valence-corrected chi connectivity index (χ3v) is 7.03. The number of unbranched alkanes of at least 4 members (excludes halogenated alkanes) is 3. The summed E-state index contributed by atoms with van der Waals surface area (Å²) in [5.41, 5.74) is 0.0215. The molecule has 0 aliphatic carbocycles. The molecule has 9 heteroatoms. The lowest BCUT2D eigenvalue weighted by molar-refractivity contribution is -0.159. The highest BCUT2D eigenvalue weighted by Crippen LogP contribution is 2.40. The van der Waals surface area contributed by atoms with Gasteiger partial charge in [0.05, 0.1) is 25.8 Å².